The lowest BCUT2D eigenvalue weighted by Gasteiger charge is -2.12. The molecular weight excluding hydrogens is 212 g/mol. The lowest BCUT2D eigenvalue weighted by molar-refractivity contribution is 0.163. The van der Waals surface area contributed by atoms with Gasteiger partial charge in [-0.1, -0.05) is 38.3 Å². The molecule has 1 atom stereocenters. The van der Waals surface area contributed by atoms with Crippen LogP contribution in [-0.4, -0.2) is 11.2 Å². The third-order valence-electron chi connectivity index (χ3n) is 3.15. The van der Waals surface area contributed by atoms with Crippen LogP contribution in [0.5, 0.6) is 5.75 Å². The van der Waals surface area contributed by atoms with E-state index < -0.39 is 0 Å². The molecule has 0 saturated heterocycles. The van der Waals surface area contributed by atoms with Crippen molar-refractivity contribution in [1.29, 1.82) is 0 Å². The molecule has 0 heterocycles. The van der Waals surface area contributed by atoms with Gasteiger partial charge in [-0.25, -0.2) is 0 Å². The monoisotopic (exact) mass is 234 g/mol. The highest BCUT2D eigenvalue weighted by Crippen LogP contribution is 2.29. The fraction of sp³-hybridized carbons (Fsp3) is 0.600. The Morgan fingerprint density at radius 2 is 2.18 bits per heavy atom. The van der Waals surface area contributed by atoms with Crippen molar-refractivity contribution in [2.75, 3.05) is 0 Å². The third-order valence-corrected chi connectivity index (χ3v) is 3.15. The van der Waals surface area contributed by atoms with Gasteiger partial charge in [0.2, 0.25) is 0 Å². The lowest BCUT2D eigenvalue weighted by atomic mass is 10.0. The number of benzene rings is 1. The Morgan fingerprint density at radius 3 is 2.88 bits per heavy atom. The molecule has 1 aliphatic carbocycles. The van der Waals surface area contributed by atoms with Gasteiger partial charge >= 0.3 is 0 Å². The number of ether oxygens (including phenoxy) is 1. The van der Waals surface area contributed by atoms with Gasteiger partial charge in [0.15, 0.2) is 0 Å². The van der Waals surface area contributed by atoms with Crippen LogP contribution in [0.15, 0.2) is 24.3 Å². The Hall–Kier alpha value is -1.02. The van der Waals surface area contributed by atoms with Gasteiger partial charge in [-0.15, -0.1) is 0 Å². The molecule has 1 fully saturated rings. The summed E-state index contributed by atoms with van der Waals surface area (Å²) < 4.78 is 5.73. The molecule has 1 aromatic rings. The zero-order valence-electron chi connectivity index (χ0n) is 10.6. The van der Waals surface area contributed by atoms with Crippen LogP contribution in [0.1, 0.15) is 57.1 Å². The standard InChI is InChI=1S/C15H22O2/c1-2-3-4-8-15(16)12-6-5-7-14(11-12)17-13-9-10-13/h5-7,11,13,15-16H,2-4,8-10H2,1H3. The first-order valence-electron chi connectivity index (χ1n) is 6.74. The predicted octanol–water partition coefficient (Wildman–Crippen LogP) is 3.84. The van der Waals surface area contributed by atoms with Crippen molar-refractivity contribution in [3.63, 3.8) is 0 Å². The van der Waals surface area contributed by atoms with Crippen molar-refractivity contribution >= 4 is 0 Å². The summed E-state index contributed by atoms with van der Waals surface area (Å²) in [5.41, 5.74) is 0.985. The molecule has 2 heteroatoms. The first-order chi connectivity index (χ1) is 8.29. The number of aliphatic hydroxyl groups is 1. The zero-order chi connectivity index (χ0) is 12.1. The van der Waals surface area contributed by atoms with Gasteiger partial charge in [-0.05, 0) is 37.0 Å². The Balaban J connectivity index is 1.89. The van der Waals surface area contributed by atoms with Gasteiger partial charge < -0.3 is 9.84 Å². The smallest absolute Gasteiger partial charge is 0.120 e. The van der Waals surface area contributed by atoms with Crippen molar-refractivity contribution in [2.45, 2.75) is 57.7 Å². The molecule has 17 heavy (non-hydrogen) atoms. The minimum atomic E-state index is -0.343. The SMILES string of the molecule is CCCCCC(O)c1cccc(OC2CC2)c1. The van der Waals surface area contributed by atoms with Gasteiger partial charge in [0.05, 0.1) is 12.2 Å². The van der Waals surface area contributed by atoms with Gasteiger partial charge in [0.1, 0.15) is 5.75 Å². The molecule has 1 aromatic carbocycles. The summed E-state index contributed by atoms with van der Waals surface area (Å²) in [5.74, 6) is 0.902. The fourth-order valence-corrected chi connectivity index (χ4v) is 1.93. The van der Waals surface area contributed by atoms with Crippen LogP contribution in [0.3, 0.4) is 0 Å². The normalized spacial score (nSPS) is 16.8. The van der Waals surface area contributed by atoms with Crippen LogP contribution in [0, 0.1) is 0 Å². The van der Waals surface area contributed by atoms with Crippen LogP contribution in [0.4, 0.5) is 0 Å². The molecule has 94 valence electrons. The van der Waals surface area contributed by atoms with Crippen molar-refractivity contribution < 1.29 is 9.84 Å². The van der Waals surface area contributed by atoms with E-state index in [1.807, 2.05) is 24.3 Å². The second-order valence-electron chi connectivity index (χ2n) is 4.90. The molecule has 0 amide bonds. The van der Waals surface area contributed by atoms with E-state index in [4.69, 9.17) is 4.74 Å². The van der Waals surface area contributed by atoms with Gasteiger partial charge in [0.25, 0.3) is 0 Å². The van der Waals surface area contributed by atoms with Crippen LogP contribution in [0.25, 0.3) is 0 Å². The van der Waals surface area contributed by atoms with E-state index in [2.05, 4.69) is 6.92 Å². The van der Waals surface area contributed by atoms with E-state index in [0.717, 1.165) is 24.2 Å². The van der Waals surface area contributed by atoms with Crippen LogP contribution in [0.2, 0.25) is 0 Å². The maximum Gasteiger partial charge on any atom is 0.120 e. The highest BCUT2D eigenvalue weighted by atomic mass is 16.5. The molecule has 2 nitrogen and oxygen atoms in total. The maximum atomic E-state index is 10.1. The van der Waals surface area contributed by atoms with E-state index >= 15 is 0 Å². The summed E-state index contributed by atoms with van der Waals surface area (Å²) in [5, 5.41) is 10.1. The Labute approximate surface area is 104 Å². The van der Waals surface area contributed by atoms with E-state index in [9.17, 15) is 5.11 Å². The van der Waals surface area contributed by atoms with Crippen molar-refractivity contribution in [1.82, 2.24) is 0 Å². The Bertz CT molecular complexity index is 345. The molecule has 0 aromatic heterocycles. The van der Waals surface area contributed by atoms with E-state index in [-0.39, 0.29) is 6.10 Å². The summed E-state index contributed by atoms with van der Waals surface area (Å²) in [6.07, 6.45) is 6.73. The first-order valence-corrected chi connectivity index (χ1v) is 6.74. The average molecular weight is 234 g/mol. The molecule has 1 saturated carbocycles. The van der Waals surface area contributed by atoms with Crippen LogP contribution < -0.4 is 4.74 Å². The van der Waals surface area contributed by atoms with Gasteiger partial charge in [0, 0.05) is 0 Å². The summed E-state index contributed by atoms with van der Waals surface area (Å²) in [6.45, 7) is 2.18. The molecule has 0 radical (unpaired) electrons. The molecule has 1 N–H and O–H groups in total. The molecule has 0 spiro atoms. The number of unbranched alkanes of at least 4 members (excludes halogenated alkanes) is 2. The van der Waals surface area contributed by atoms with Crippen molar-refractivity contribution in [3.05, 3.63) is 29.8 Å². The number of hydrogen-bond donors (Lipinski definition) is 1. The predicted molar refractivity (Wildman–Crippen MR) is 69.2 cm³/mol. The summed E-state index contributed by atoms with van der Waals surface area (Å²) >= 11 is 0. The maximum absolute atomic E-state index is 10.1. The van der Waals surface area contributed by atoms with Crippen molar-refractivity contribution in [2.24, 2.45) is 0 Å². The van der Waals surface area contributed by atoms with E-state index in [1.54, 1.807) is 0 Å². The number of rotatable bonds is 7. The van der Waals surface area contributed by atoms with Gasteiger partial charge in [-0.3, -0.25) is 0 Å². The zero-order valence-corrected chi connectivity index (χ0v) is 10.6. The quantitative estimate of drug-likeness (QED) is 0.726. The van der Waals surface area contributed by atoms with Gasteiger partial charge in [-0.2, -0.15) is 0 Å². The molecular formula is C15H22O2. The molecule has 1 unspecified atom stereocenters. The summed E-state index contributed by atoms with van der Waals surface area (Å²) in [4.78, 5) is 0. The topological polar surface area (TPSA) is 29.5 Å². The van der Waals surface area contributed by atoms with E-state index in [1.165, 1.54) is 25.7 Å². The summed E-state index contributed by atoms with van der Waals surface area (Å²) in [6, 6.07) is 7.90. The minimum Gasteiger partial charge on any atom is -0.490 e. The second-order valence-corrected chi connectivity index (χ2v) is 4.90. The van der Waals surface area contributed by atoms with Crippen LogP contribution in [-0.2, 0) is 0 Å². The average Bonchev–Trinajstić information content (AvgIpc) is 3.13. The molecule has 1 aliphatic rings. The largest absolute Gasteiger partial charge is 0.490 e. The molecule has 0 bridgehead atoms. The molecule has 0 aliphatic heterocycles. The number of aliphatic hydroxyl groups excluding tert-OH is 1. The Kier molecular flexibility index (Phi) is 4.43. The first kappa shape index (κ1) is 12.4. The summed E-state index contributed by atoms with van der Waals surface area (Å²) in [7, 11) is 0. The Morgan fingerprint density at radius 1 is 1.35 bits per heavy atom. The molecule has 2 rings (SSSR count). The number of hydrogen-bond acceptors (Lipinski definition) is 2. The van der Waals surface area contributed by atoms with Crippen LogP contribution >= 0.6 is 0 Å². The highest BCUT2D eigenvalue weighted by Gasteiger charge is 2.23. The van der Waals surface area contributed by atoms with E-state index in [0.29, 0.717) is 6.10 Å². The third kappa shape index (κ3) is 4.04. The fourth-order valence-electron chi connectivity index (χ4n) is 1.93. The second kappa shape index (κ2) is 6.06. The highest BCUT2D eigenvalue weighted by molar-refractivity contribution is 5.30. The van der Waals surface area contributed by atoms with Crippen molar-refractivity contribution in [3.8, 4) is 5.75 Å². The lowest BCUT2D eigenvalue weighted by Crippen LogP contribution is -2.00. The minimum absolute atomic E-state index is 0.343.